The van der Waals surface area contributed by atoms with Crippen molar-refractivity contribution in [2.75, 3.05) is 30.0 Å². The number of carbonyl (C=O) groups is 3. The van der Waals surface area contributed by atoms with Crippen LogP contribution in [0.15, 0.2) is 60.9 Å². The second-order valence-electron chi connectivity index (χ2n) is 13.4. The smallest absolute Gasteiger partial charge is 0.273 e. The van der Waals surface area contributed by atoms with Crippen LogP contribution in [-0.2, 0) is 32.1 Å². The van der Waals surface area contributed by atoms with Crippen LogP contribution < -0.4 is 36.1 Å². The lowest BCUT2D eigenvalue weighted by molar-refractivity contribution is -0.117. The monoisotopic (exact) mass is 789 g/mol. The third-order valence-corrected chi connectivity index (χ3v) is 9.46. The Labute approximate surface area is 330 Å². The first-order valence-corrected chi connectivity index (χ1v) is 18.2. The zero-order valence-electron chi connectivity index (χ0n) is 31.2. The van der Waals surface area contributed by atoms with E-state index in [0.29, 0.717) is 47.5 Å². The topological polar surface area (TPSA) is 217 Å². The minimum Gasteiger partial charge on any atom is -0.486 e. The average molecular weight is 790 g/mol. The predicted octanol–water partition coefficient (Wildman–Crippen LogP) is 4.75. The molecule has 1 aliphatic carbocycles. The molecule has 0 bridgehead atoms. The van der Waals surface area contributed by atoms with Gasteiger partial charge in [0.25, 0.3) is 11.8 Å². The molecule has 0 saturated heterocycles. The lowest BCUT2D eigenvalue weighted by Gasteiger charge is -2.21. The number of aromatic nitrogens is 8. The summed E-state index contributed by atoms with van der Waals surface area (Å²) in [6.07, 6.45) is 5.63. The van der Waals surface area contributed by atoms with E-state index in [9.17, 15) is 14.4 Å². The molecule has 2 aromatic carbocycles. The molecule has 3 aliphatic rings. The quantitative estimate of drug-likeness (QED) is 0.141. The Morgan fingerprint density at radius 2 is 1.21 bits per heavy atom. The van der Waals surface area contributed by atoms with Gasteiger partial charge in [0.1, 0.15) is 24.6 Å². The number of rotatable bonds is 8. The second-order valence-corrected chi connectivity index (χ2v) is 13.8. The first kappa shape index (κ1) is 36.9. The summed E-state index contributed by atoms with van der Waals surface area (Å²) < 4.78 is 15.5. The minimum atomic E-state index is -0.396. The summed E-state index contributed by atoms with van der Waals surface area (Å²) in [6, 6.07) is 14.5. The van der Waals surface area contributed by atoms with E-state index in [0.717, 1.165) is 46.5 Å². The van der Waals surface area contributed by atoms with Crippen molar-refractivity contribution in [2.45, 2.75) is 26.1 Å². The third-order valence-electron chi connectivity index (χ3n) is 9.27. The maximum Gasteiger partial charge on any atom is 0.273 e. The number of anilines is 5. The van der Waals surface area contributed by atoms with Crippen LogP contribution in [0.2, 0.25) is 5.15 Å². The van der Waals surface area contributed by atoms with E-state index in [1.807, 2.05) is 62.9 Å². The van der Waals surface area contributed by atoms with Crippen LogP contribution in [0, 0.1) is 5.92 Å². The van der Waals surface area contributed by atoms with Gasteiger partial charge < -0.3 is 36.1 Å². The molecule has 0 radical (unpaired) electrons. The molecule has 0 atom stereocenters. The van der Waals surface area contributed by atoms with Gasteiger partial charge in [-0.2, -0.15) is 10.2 Å². The molecular weight excluding hydrogens is 754 g/mol. The molecule has 3 amide bonds. The van der Waals surface area contributed by atoms with Gasteiger partial charge in [0, 0.05) is 80.9 Å². The summed E-state index contributed by atoms with van der Waals surface area (Å²) in [5.74, 6) is 0.758. The van der Waals surface area contributed by atoms with Crippen molar-refractivity contribution in [3.63, 3.8) is 0 Å². The number of aryl methyl sites for hydroxylation is 2. The van der Waals surface area contributed by atoms with E-state index < -0.39 is 5.91 Å². The van der Waals surface area contributed by atoms with Crippen LogP contribution in [0.5, 0.6) is 11.5 Å². The van der Waals surface area contributed by atoms with Crippen molar-refractivity contribution in [3.8, 4) is 34.0 Å². The van der Waals surface area contributed by atoms with Gasteiger partial charge >= 0.3 is 0 Å². The summed E-state index contributed by atoms with van der Waals surface area (Å²) >= 11 is 5.95. The number of carbonyl (C=O) groups excluding carboxylic acids is 3. The Bertz CT molecular complexity index is 2570. The highest BCUT2D eigenvalue weighted by Gasteiger charge is 2.31. The summed E-state index contributed by atoms with van der Waals surface area (Å²) in [7, 11) is 6.79. The molecule has 9 rings (SSSR count). The van der Waals surface area contributed by atoms with Crippen LogP contribution in [0.1, 0.15) is 44.9 Å². The highest BCUT2D eigenvalue weighted by molar-refractivity contribution is 6.29. The number of hydrogen-bond donors (Lipinski definition) is 5. The molecule has 1 saturated carbocycles. The maximum atomic E-state index is 12.3. The number of fused-ring (bicyclic) bond motifs is 6. The van der Waals surface area contributed by atoms with Crippen LogP contribution >= 0.6 is 11.6 Å². The van der Waals surface area contributed by atoms with Gasteiger partial charge in [-0.05, 0) is 37.1 Å². The number of benzene rings is 2. The number of ether oxygens (including phenoxy) is 2. The molecule has 19 heteroatoms. The number of hydrogen-bond acceptors (Lipinski definition) is 13. The van der Waals surface area contributed by atoms with Gasteiger partial charge in [0.2, 0.25) is 5.91 Å². The normalized spacial score (nSPS) is 13.1. The number of nitrogens with zero attached hydrogens (tertiary/aromatic N) is 8. The van der Waals surface area contributed by atoms with Gasteiger partial charge in [-0.1, -0.05) is 23.7 Å². The highest BCUT2D eigenvalue weighted by Crippen LogP contribution is 2.44. The fourth-order valence-corrected chi connectivity index (χ4v) is 6.59. The van der Waals surface area contributed by atoms with Gasteiger partial charge in [0.15, 0.2) is 33.9 Å². The van der Waals surface area contributed by atoms with Crippen molar-refractivity contribution in [1.82, 2.24) is 50.6 Å². The van der Waals surface area contributed by atoms with E-state index in [4.69, 9.17) is 21.1 Å². The molecule has 0 unspecified atom stereocenters. The van der Waals surface area contributed by atoms with Gasteiger partial charge in [-0.3, -0.25) is 23.7 Å². The number of para-hydroxylation sites is 2. The van der Waals surface area contributed by atoms with Gasteiger partial charge in [-0.25, -0.2) is 0 Å². The first-order valence-electron chi connectivity index (χ1n) is 17.9. The molecule has 2 aliphatic heterocycles. The molecule has 1 fully saturated rings. The van der Waals surface area contributed by atoms with Crippen LogP contribution in [0.3, 0.4) is 0 Å². The Kier molecular flexibility index (Phi) is 9.84. The van der Waals surface area contributed by atoms with Crippen LogP contribution in [0.25, 0.3) is 22.5 Å². The van der Waals surface area contributed by atoms with Crippen LogP contribution in [0.4, 0.5) is 28.6 Å². The highest BCUT2D eigenvalue weighted by atomic mass is 35.5. The van der Waals surface area contributed by atoms with E-state index in [2.05, 4.69) is 57.2 Å². The molecular formula is C38H36ClN13O5. The molecule has 0 spiro atoms. The Balaban J connectivity index is 0.000000162. The Morgan fingerprint density at radius 3 is 1.72 bits per heavy atom. The third kappa shape index (κ3) is 7.49. The maximum absolute atomic E-state index is 12.3. The molecule has 290 valence electrons. The summed E-state index contributed by atoms with van der Waals surface area (Å²) in [5, 5.41) is 39.2. The van der Waals surface area contributed by atoms with Gasteiger partial charge in [-0.15, -0.1) is 20.4 Å². The lowest BCUT2D eigenvalue weighted by Crippen LogP contribution is -2.22. The summed E-state index contributed by atoms with van der Waals surface area (Å²) in [4.78, 5) is 36.5. The van der Waals surface area contributed by atoms with E-state index in [1.54, 1.807) is 21.5 Å². The number of halogens is 1. The summed E-state index contributed by atoms with van der Waals surface area (Å²) in [5.41, 5.74) is 7.97. The first-order chi connectivity index (χ1) is 27.6. The van der Waals surface area contributed by atoms with E-state index in [1.165, 1.54) is 14.1 Å². The predicted molar refractivity (Wildman–Crippen MR) is 210 cm³/mol. The van der Waals surface area contributed by atoms with Crippen molar-refractivity contribution in [1.29, 1.82) is 0 Å². The van der Waals surface area contributed by atoms with Crippen molar-refractivity contribution >= 4 is 57.9 Å². The number of nitrogens with one attached hydrogen (secondary N) is 5. The molecule has 4 aromatic heterocycles. The van der Waals surface area contributed by atoms with E-state index in [-0.39, 0.29) is 40.1 Å². The SMILES string of the molecule is CNC(=O)c1nnc(Cl)cc1Nc1cccc2c1OCc1cn(C)nc1-2.CNC(=O)c1nnc(NC(=O)C2CC2)cc1Nc1cccc2c1OCc1cn(C)nc1-2. The molecule has 5 N–H and O–H groups in total. The average Bonchev–Trinajstić information content (AvgIpc) is 3.88. The summed E-state index contributed by atoms with van der Waals surface area (Å²) in [6.45, 7) is 0.820. The molecule has 6 heterocycles. The molecule has 6 aromatic rings. The Morgan fingerprint density at radius 1 is 0.702 bits per heavy atom. The molecule has 18 nitrogen and oxygen atoms in total. The Hall–Kier alpha value is -7.08. The van der Waals surface area contributed by atoms with Gasteiger partial charge in [0.05, 0.1) is 22.7 Å². The van der Waals surface area contributed by atoms with Crippen LogP contribution in [-0.4, -0.2) is 71.8 Å². The van der Waals surface area contributed by atoms with E-state index >= 15 is 0 Å². The van der Waals surface area contributed by atoms with Crippen molar-refractivity contribution in [2.24, 2.45) is 20.0 Å². The number of amides is 3. The standard InChI is InChI=1S/C21H21N7O3.C17H15ClN6O2/c1-22-21(30)18-15(8-16(25-26-18)24-20(29)11-6-7-11)23-14-5-3-4-13-17-12(9-28(2)27-17)10-31-19(13)14;1-19-17(25)15-12(6-13(18)21-22-15)20-11-5-3-4-10-14-9(7-24(2)23-14)8-26-16(10)11/h3-5,8-9,11H,6-7,10H2,1-2H3,(H,22,30)(H2,23,24,25,29);3-7H,8H2,1-2H3,(H,19,25)(H,20,21). The second kappa shape index (κ2) is 15.2. The van der Waals surface area contributed by atoms with Crippen molar-refractivity contribution in [3.05, 3.63) is 88.6 Å². The molecule has 57 heavy (non-hydrogen) atoms. The zero-order chi connectivity index (χ0) is 39.8. The fraction of sp³-hybridized carbons (Fsp3) is 0.237. The fourth-order valence-electron chi connectivity index (χ4n) is 6.44. The largest absolute Gasteiger partial charge is 0.486 e. The lowest BCUT2D eigenvalue weighted by atomic mass is 10.0. The zero-order valence-corrected chi connectivity index (χ0v) is 31.9. The van der Waals surface area contributed by atoms with Crippen molar-refractivity contribution < 1.29 is 23.9 Å². The minimum absolute atomic E-state index is 0.0268.